The number of carbonyl (C=O) groups excluding carboxylic acids is 1. The summed E-state index contributed by atoms with van der Waals surface area (Å²) in [6.45, 7) is 0.360. The van der Waals surface area contributed by atoms with Crippen LogP contribution in [0.2, 0.25) is 0 Å². The number of aliphatic hydroxyl groups is 1. The molecule has 2 N–H and O–H groups in total. The Morgan fingerprint density at radius 1 is 1.20 bits per heavy atom. The van der Waals surface area contributed by atoms with Gasteiger partial charge in [-0.3, -0.25) is 4.79 Å². The van der Waals surface area contributed by atoms with Crippen LogP contribution < -0.4 is 10.1 Å². The number of ether oxygens (including phenoxy) is 1. The molecule has 2 atom stereocenters. The molecule has 1 fully saturated rings. The van der Waals surface area contributed by atoms with Crippen LogP contribution in [0.3, 0.4) is 0 Å². The molecule has 4 heteroatoms. The Balaban J connectivity index is 1.69. The molecule has 20 heavy (non-hydrogen) atoms. The summed E-state index contributed by atoms with van der Waals surface area (Å²) in [6.07, 6.45) is 4.82. The van der Waals surface area contributed by atoms with Crippen molar-refractivity contribution in [3.63, 3.8) is 0 Å². The number of hydrogen-bond acceptors (Lipinski definition) is 3. The van der Waals surface area contributed by atoms with Crippen molar-refractivity contribution in [1.29, 1.82) is 0 Å². The van der Waals surface area contributed by atoms with E-state index < -0.39 is 6.10 Å². The smallest absolute Gasteiger partial charge is 0.223 e. The molecule has 1 aromatic rings. The summed E-state index contributed by atoms with van der Waals surface area (Å²) >= 11 is 0. The van der Waals surface area contributed by atoms with Crippen LogP contribution in [0.1, 0.15) is 38.5 Å². The Kier molecular flexibility index (Phi) is 5.87. The summed E-state index contributed by atoms with van der Waals surface area (Å²) in [5.74, 6) is 0.724. The Morgan fingerprint density at radius 2 is 1.95 bits per heavy atom. The average molecular weight is 277 g/mol. The number of para-hydroxylation sites is 1. The third-order valence-corrected chi connectivity index (χ3v) is 3.67. The van der Waals surface area contributed by atoms with Crippen molar-refractivity contribution in [1.82, 2.24) is 5.32 Å². The van der Waals surface area contributed by atoms with E-state index in [2.05, 4.69) is 5.32 Å². The van der Waals surface area contributed by atoms with E-state index in [0.29, 0.717) is 13.0 Å². The van der Waals surface area contributed by atoms with Gasteiger partial charge in [0, 0.05) is 0 Å². The van der Waals surface area contributed by atoms with Crippen LogP contribution in [0.25, 0.3) is 0 Å². The van der Waals surface area contributed by atoms with E-state index in [-0.39, 0.29) is 11.9 Å². The highest BCUT2D eigenvalue weighted by Crippen LogP contribution is 2.18. The van der Waals surface area contributed by atoms with E-state index in [1.807, 2.05) is 30.3 Å². The molecule has 1 aliphatic rings. The first kappa shape index (κ1) is 14.9. The first-order valence-corrected chi connectivity index (χ1v) is 7.41. The van der Waals surface area contributed by atoms with E-state index in [4.69, 9.17) is 4.74 Å². The molecule has 1 aliphatic carbocycles. The molecule has 0 bridgehead atoms. The van der Waals surface area contributed by atoms with Gasteiger partial charge in [0.15, 0.2) is 0 Å². The molecule has 1 aromatic carbocycles. The van der Waals surface area contributed by atoms with Crippen LogP contribution in [0.15, 0.2) is 30.3 Å². The van der Waals surface area contributed by atoms with Crippen molar-refractivity contribution in [3.8, 4) is 5.75 Å². The van der Waals surface area contributed by atoms with Gasteiger partial charge in [0.05, 0.1) is 25.2 Å². The lowest BCUT2D eigenvalue weighted by Crippen LogP contribution is -2.43. The number of nitrogens with one attached hydrogen (secondary N) is 1. The van der Waals surface area contributed by atoms with Crippen molar-refractivity contribution < 1.29 is 14.6 Å². The summed E-state index contributed by atoms with van der Waals surface area (Å²) in [7, 11) is 0. The first-order chi connectivity index (χ1) is 9.75. The van der Waals surface area contributed by atoms with Crippen LogP contribution in [-0.4, -0.2) is 29.8 Å². The molecular formula is C16H23NO3. The second-order valence-corrected chi connectivity index (χ2v) is 5.29. The van der Waals surface area contributed by atoms with Crippen LogP contribution in [0.5, 0.6) is 5.75 Å². The fraction of sp³-hybridized carbons (Fsp3) is 0.562. The number of carbonyl (C=O) groups is 1. The van der Waals surface area contributed by atoms with Gasteiger partial charge in [-0.15, -0.1) is 0 Å². The zero-order valence-corrected chi connectivity index (χ0v) is 11.8. The predicted molar refractivity (Wildman–Crippen MR) is 77.6 cm³/mol. The minimum absolute atomic E-state index is 0.0492. The predicted octanol–water partition coefficient (Wildman–Crippen LogP) is 2.27. The Morgan fingerprint density at radius 3 is 2.75 bits per heavy atom. The minimum Gasteiger partial charge on any atom is -0.493 e. The second kappa shape index (κ2) is 7.90. The molecule has 0 radical (unpaired) electrons. The van der Waals surface area contributed by atoms with Crippen molar-refractivity contribution in [2.24, 2.45) is 0 Å². The zero-order valence-electron chi connectivity index (χ0n) is 11.8. The van der Waals surface area contributed by atoms with Gasteiger partial charge in [0.1, 0.15) is 5.75 Å². The molecule has 2 unspecified atom stereocenters. The fourth-order valence-corrected chi connectivity index (χ4v) is 2.51. The number of hydrogen-bond donors (Lipinski definition) is 2. The summed E-state index contributed by atoms with van der Waals surface area (Å²) in [6, 6.07) is 9.36. The molecule has 0 aromatic heterocycles. The van der Waals surface area contributed by atoms with E-state index in [1.165, 1.54) is 0 Å². The van der Waals surface area contributed by atoms with Crippen LogP contribution in [0.4, 0.5) is 0 Å². The van der Waals surface area contributed by atoms with Crippen molar-refractivity contribution in [3.05, 3.63) is 30.3 Å². The normalized spacial score (nSPS) is 22.9. The number of rotatable bonds is 5. The van der Waals surface area contributed by atoms with E-state index in [1.54, 1.807) is 0 Å². The van der Waals surface area contributed by atoms with Gasteiger partial charge in [-0.1, -0.05) is 37.5 Å². The highest BCUT2D eigenvalue weighted by Gasteiger charge is 2.22. The Bertz CT molecular complexity index is 407. The standard InChI is InChI=1S/C16H23NO3/c18-15-10-6-2-5-9-14(15)17-16(19)11-12-20-13-7-3-1-4-8-13/h1,3-4,7-8,14-15,18H,2,5-6,9-12H2,(H,17,19). The lowest BCUT2D eigenvalue weighted by Gasteiger charge is -2.21. The van der Waals surface area contributed by atoms with Gasteiger partial charge in [0.25, 0.3) is 0 Å². The Labute approximate surface area is 120 Å². The lowest BCUT2D eigenvalue weighted by molar-refractivity contribution is -0.123. The van der Waals surface area contributed by atoms with E-state index in [0.717, 1.165) is 37.9 Å². The molecular weight excluding hydrogens is 254 g/mol. The number of amides is 1. The molecule has 0 saturated heterocycles. The molecule has 2 rings (SSSR count). The topological polar surface area (TPSA) is 58.6 Å². The van der Waals surface area contributed by atoms with Gasteiger partial charge in [-0.2, -0.15) is 0 Å². The van der Waals surface area contributed by atoms with Gasteiger partial charge >= 0.3 is 0 Å². The maximum absolute atomic E-state index is 11.9. The summed E-state index contributed by atoms with van der Waals surface area (Å²) in [5.41, 5.74) is 0. The number of aliphatic hydroxyl groups excluding tert-OH is 1. The largest absolute Gasteiger partial charge is 0.493 e. The minimum atomic E-state index is -0.406. The molecule has 0 heterocycles. The van der Waals surface area contributed by atoms with E-state index >= 15 is 0 Å². The SMILES string of the molecule is O=C(CCOc1ccccc1)NC1CCCCCC1O. The van der Waals surface area contributed by atoms with Crippen LogP contribution >= 0.6 is 0 Å². The molecule has 1 amide bonds. The number of benzene rings is 1. The van der Waals surface area contributed by atoms with Crippen molar-refractivity contribution in [2.45, 2.75) is 50.7 Å². The zero-order chi connectivity index (χ0) is 14.2. The molecule has 110 valence electrons. The third-order valence-electron chi connectivity index (χ3n) is 3.67. The van der Waals surface area contributed by atoms with E-state index in [9.17, 15) is 9.90 Å². The van der Waals surface area contributed by atoms with Crippen molar-refractivity contribution >= 4 is 5.91 Å². The highest BCUT2D eigenvalue weighted by molar-refractivity contribution is 5.76. The third kappa shape index (κ3) is 4.85. The molecule has 4 nitrogen and oxygen atoms in total. The van der Waals surface area contributed by atoms with Gasteiger partial charge in [0.2, 0.25) is 5.91 Å². The monoisotopic (exact) mass is 277 g/mol. The van der Waals surface area contributed by atoms with Crippen molar-refractivity contribution in [2.75, 3.05) is 6.61 Å². The van der Waals surface area contributed by atoms with Gasteiger partial charge in [-0.25, -0.2) is 0 Å². The van der Waals surface area contributed by atoms with Crippen LogP contribution in [-0.2, 0) is 4.79 Å². The highest BCUT2D eigenvalue weighted by atomic mass is 16.5. The average Bonchev–Trinajstić information content (AvgIpc) is 2.65. The summed E-state index contributed by atoms with van der Waals surface area (Å²) in [5, 5.41) is 12.9. The lowest BCUT2D eigenvalue weighted by atomic mass is 10.1. The molecule has 1 saturated carbocycles. The molecule has 0 spiro atoms. The summed E-state index contributed by atoms with van der Waals surface area (Å²) < 4.78 is 5.49. The van der Waals surface area contributed by atoms with Gasteiger partial charge in [-0.05, 0) is 25.0 Å². The van der Waals surface area contributed by atoms with Gasteiger partial charge < -0.3 is 15.2 Å². The maximum Gasteiger partial charge on any atom is 0.223 e. The van der Waals surface area contributed by atoms with Crippen LogP contribution in [0, 0.1) is 0 Å². The summed E-state index contributed by atoms with van der Waals surface area (Å²) in [4.78, 5) is 11.9. The fourth-order valence-electron chi connectivity index (χ4n) is 2.51. The molecule has 0 aliphatic heterocycles. The maximum atomic E-state index is 11.9. The second-order valence-electron chi connectivity index (χ2n) is 5.29. The Hall–Kier alpha value is -1.55. The first-order valence-electron chi connectivity index (χ1n) is 7.41. The quantitative estimate of drug-likeness (QED) is 0.812.